The Labute approximate surface area is 174 Å². The Morgan fingerprint density at radius 3 is 1.79 bits per heavy atom. The highest BCUT2D eigenvalue weighted by molar-refractivity contribution is 5.83. The standard InChI is InChI=1S/C24H47NO3/c1-3-5-7-8-9-10-11-12-13-14-15-16-18-19-21(26)23(25)24(28)22(27)20-17-6-4-2/h18-19,21,23-24,26,28H,3-17,20,25H2,1-2H3/t21-,23-,24?/m1/s1. The van der Waals surface area contributed by atoms with E-state index >= 15 is 0 Å². The third kappa shape index (κ3) is 15.2. The summed E-state index contributed by atoms with van der Waals surface area (Å²) < 4.78 is 0. The molecule has 28 heavy (non-hydrogen) atoms. The van der Waals surface area contributed by atoms with Crippen molar-refractivity contribution < 1.29 is 15.0 Å². The van der Waals surface area contributed by atoms with Crippen LogP contribution in [0.15, 0.2) is 12.2 Å². The number of ketones is 1. The average molecular weight is 398 g/mol. The van der Waals surface area contributed by atoms with Gasteiger partial charge in [-0.3, -0.25) is 4.79 Å². The first-order valence-electron chi connectivity index (χ1n) is 11.9. The first kappa shape index (κ1) is 27.3. The SMILES string of the molecule is CCCCCCCCCCCCCC=C[C@@H](O)[C@@H](N)C(O)C(=O)CCCCC. The molecule has 0 amide bonds. The largest absolute Gasteiger partial charge is 0.387 e. The smallest absolute Gasteiger partial charge is 0.162 e. The Kier molecular flexibility index (Phi) is 19.1. The zero-order chi connectivity index (χ0) is 21.0. The molecule has 4 N–H and O–H groups in total. The van der Waals surface area contributed by atoms with Crippen LogP contribution in [0.4, 0.5) is 0 Å². The lowest BCUT2D eigenvalue weighted by Crippen LogP contribution is -2.47. The molecule has 0 heterocycles. The summed E-state index contributed by atoms with van der Waals surface area (Å²) in [6.45, 7) is 4.32. The zero-order valence-corrected chi connectivity index (χ0v) is 18.6. The topological polar surface area (TPSA) is 83.6 Å². The van der Waals surface area contributed by atoms with Crippen LogP contribution in [0.5, 0.6) is 0 Å². The predicted molar refractivity (Wildman–Crippen MR) is 119 cm³/mol. The van der Waals surface area contributed by atoms with Crippen LogP contribution in [-0.2, 0) is 4.79 Å². The van der Waals surface area contributed by atoms with Gasteiger partial charge in [-0.1, -0.05) is 103 Å². The van der Waals surface area contributed by atoms with Crippen molar-refractivity contribution in [2.45, 2.75) is 135 Å². The number of nitrogens with two attached hydrogens (primary N) is 1. The summed E-state index contributed by atoms with van der Waals surface area (Å²) >= 11 is 0. The maximum absolute atomic E-state index is 11.9. The maximum Gasteiger partial charge on any atom is 0.162 e. The van der Waals surface area contributed by atoms with E-state index in [1.807, 2.05) is 6.08 Å². The van der Waals surface area contributed by atoms with Gasteiger partial charge in [0.1, 0.15) is 6.10 Å². The molecule has 0 radical (unpaired) electrons. The summed E-state index contributed by atoms with van der Waals surface area (Å²) in [4.78, 5) is 11.9. The van der Waals surface area contributed by atoms with Crippen molar-refractivity contribution in [2.75, 3.05) is 0 Å². The molecule has 4 nitrogen and oxygen atoms in total. The summed E-state index contributed by atoms with van der Waals surface area (Å²) in [5.41, 5.74) is 5.84. The van der Waals surface area contributed by atoms with Crippen LogP contribution in [0, 0.1) is 0 Å². The molecular weight excluding hydrogens is 350 g/mol. The van der Waals surface area contributed by atoms with Gasteiger partial charge >= 0.3 is 0 Å². The highest BCUT2D eigenvalue weighted by atomic mass is 16.3. The van der Waals surface area contributed by atoms with Gasteiger partial charge in [0.2, 0.25) is 0 Å². The molecule has 0 spiro atoms. The average Bonchev–Trinajstić information content (AvgIpc) is 2.70. The molecule has 1 unspecified atom stereocenters. The van der Waals surface area contributed by atoms with Gasteiger partial charge in [0, 0.05) is 6.42 Å². The quantitative estimate of drug-likeness (QED) is 0.189. The van der Waals surface area contributed by atoms with Gasteiger partial charge in [-0.2, -0.15) is 0 Å². The Hall–Kier alpha value is -0.710. The number of Topliss-reactive ketones (excluding diaryl/α,β-unsaturated/α-hetero) is 1. The van der Waals surface area contributed by atoms with Crippen LogP contribution in [0.1, 0.15) is 117 Å². The van der Waals surface area contributed by atoms with Crippen molar-refractivity contribution in [3.05, 3.63) is 12.2 Å². The van der Waals surface area contributed by atoms with E-state index in [1.165, 1.54) is 64.2 Å². The fourth-order valence-electron chi connectivity index (χ4n) is 3.39. The van der Waals surface area contributed by atoms with Crippen LogP contribution in [0.3, 0.4) is 0 Å². The molecule has 0 fully saturated rings. The van der Waals surface area contributed by atoms with E-state index in [-0.39, 0.29) is 5.78 Å². The Morgan fingerprint density at radius 1 is 0.786 bits per heavy atom. The van der Waals surface area contributed by atoms with E-state index in [9.17, 15) is 15.0 Å². The first-order chi connectivity index (χ1) is 13.5. The zero-order valence-electron chi connectivity index (χ0n) is 18.6. The molecule has 3 atom stereocenters. The van der Waals surface area contributed by atoms with Gasteiger partial charge in [0.15, 0.2) is 5.78 Å². The number of carbonyl (C=O) groups is 1. The molecule has 0 aromatic heterocycles. The normalized spacial score (nSPS) is 15.0. The van der Waals surface area contributed by atoms with E-state index in [1.54, 1.807) is 6.08 Å². The van der Waals surface area contributed by atoms with Crippen LogP contribution >= 0.6 is 0 Å². The van der Waals surface area contributed by atoms with Gasteiger partial charge < -0.3 is 15.9 Å². The lowest BCUT2D eigenvalue weighted by atomic mass is 9.98. The Morgan fingerprint density at radius 2 is 1.25 bits per heavy atom. The number of unbranched alkanes of at least 4 members (excludes halogenated alkanes) is 13. The minimum Gasteiger partial charge on any atom is -0.387 e. The third-order valence-corrected chi connectivity index (χ3v) is 5.42. The minimum absolute atomic E-state index is 0.265. The monoisotopic (exact) mass is 397 g/mol. The molecule has 0 bridgehead atoms. The fraction of sp³-hybridized carbons (Fsp3) is 0.875. The molecule has 0 aliphatic carbocycles. The molecule has 0 aliphatic heterocycles. The van der Waals surface area contributed by atoms with E-state index in [4.69, 9.17) is 5.73 Å². The molecular formula is C24H47NO3. The number of aliphatic hydroxyl groups is 2. The molecule has 0 saturated carbocycles. The summed E-state index contributed by atoms with van der Waals surface area (Å²) in [5.74, 6) is -0.265. The number of allylic oxidation sites excluding steroid dienone is 1. The highest BCUT2D eigenvalue weighted by Crippen LogP contribution is 2.12. The lowest BCUT2D eigenvalue weighted by Gasteiger charge is -2.21. The Bertz CT molecular complexity index is 384. The second-order valence-electron chi connectivity index (χ2n) is 8.19. The van der Waals surface area contributed by atoms with Crippen LogP contribution in [-0.4, -0.2) is 34.2 Å². The molecule has 166 valence electrons. The number of hydrogen-bond donors (Lipinski definition) is 3. The van der Waals surface area contributed by atoms with E-state index in [0.717, 1.165) is 32.1 Å². The Balaban J connectivity index is 3.68. The number of hydrogen-bond acceptors (Lipinski definition) is 4. The third-order valence-electron chi connectivity index (χ3n) is 5.42. The second-order valence-corrected chi connectivity index (χ2v) is 8.19. The van der Waals surface area contributed by atoms with Crippen molar-refractivity contribution >= 4 is 5.78 Å². The summed E-state index contributed by atoms with van der Waals surface area (Å²) in [6, 6.07) is -0.942. The van der Waals surface area contributed by atoms with Gasteiger partial charge in [-0.15, -0.1) is 0 Å². The molecule has 0 rings (SSSR count). The second kappa shape index (κ2) is 19.6. The van der Waals surface area contributed by atoms with E-state index in [2.05, 4.69) is 13.8 Å². The summed E-state index contributed by atoms with van der Waals surface area (Å²) in [7, 11) is 0. The molecule has 0 aromatic carbocycles. The number of carbonyl (C=O) groups excluding carboxylic acids is 1. The minimum atomic E-state index is -1.28. The van der Waals surface area contributed by atoms with Crippen molar-refractivity contribution in [3.8, 4) is 0 Å². The fourth-order valence-corrected chi connectivity index (χ4v) is 3.39. The maximum atomic E-state index is 11.9. The lowest BCUT2D eigenvalue weighted by molar-refractivity contribution is -0.129. The van der Waals surface area contributed by atoms with Crippen molar-refractivity contribution in [1.29, 1.82) is 0 Å². The van der Waals surface area contributed by atoms with Gasteiger partial charge in [0.25, 0.3) is 0 Å². The predicted octanol–water partition coefficient (Wildman–Crippen LogP) is 5.44. The molecule has 0 saturated heterocycles. The number of rotatable bonds is 20. The number of aliphatic hydroxyl groups excluding tert-OH is 2. The van der Waals surface area contributed by atoms with Crippen LogP contribution in [0.2, 0.25) is 0 Å². The van der Waals surface area contributed by atoms with Gasteiger partial charge in [-0.05, 0) is 19.3 Å². The van der Waals surface area contributed by atoms with E-state index in [0.29, 0.717) is 6.42 Å². The van der Waals surface area contributed by atoms with Crippen molar-refractivity contribution in [3.63, 3.8) is 0 Å². The van der Waals surface area contributed by atoms with Gasteiger partial charge in [0.05, 0.1) is 12.1 Å². The molecule has 4 heteroatoms. The summed E-state index contributed by atoms with van der Waals surface area (Å²) in [6.07, 6.45) is 19.8. The molecule has 0 aromatic rings. The summed E-state index contributed by atoms with van der Waals surface area (Å²) in [5, 5.41) is 20.1. The van der Waals surface area contributed by atoms with Crippen molar-refractivity contribution in [2.24, 2.45) is 5.73 Å². The first-order valence-corrected chi connectivity index (χ1v) is 11.9. The van der Waals surface area contributed by atoms with E-state index < -0.39 is 18.2 Å². The highest BCUT2D eigenvalue weighted by Gasteiger charge is 2.26. The van der Waals surface area contributed by atoms with Crippen LogP contribution in [0.25, 0.3) is 0 Å². The van der Waals surface area contributed by atoms with Crippen molar-refractivity contribution in [1.82, 2.24) is 0 Å². The molecule has 0 aliphatic rings. The van der Waals surface area contributed by atoms with Gasteiger partial charge in [-0.25, -0.2) is 0 Å². The van der Waals surface area contributed by atoms with Crippen LogP contribution < -0.4 is 5.73 Å².